The van der Waals surface area contributed by atoms with Crippen LogP contribution in [0.2, 0.25) is 0 Å². The van der Waals surface area contributed by atoms with Crippen molar-refractivity contribution in [1.29, 1.82) is 0 Å². The Bertz CT molecular complexity index is 989. The van der Waals surface area contributed by atoms with Gasteiger partial charge in [0.25, 0.3) is 0 Å². The second-order valence-corrected chi connectivity index (χ2v) is 7.85. The van der Waals surface area contributed by atoms with E-state index in [4.69, 9.17) is 14.2 Å². The van der Waals surface area contributed by atoms with Crippen molar-refractivity contribution in [2.24, 2.45) is 7.05 Å². The number of thioether (sulfide) groups is 1. The third kappa shape index (κ3) is 6.24. The lowest BCUT2D eigenvalue weighted by Gasteiger charge is -2.12. The normalized spacial score (nSPS) is 10.7. The molecule has 0 aliphatic rings. The molecule has 2 aromatic carbocycles. The topological polar surface area (TPSA) is 75.5 Å². The van der Waals surface area contributed by atoms with Crippen molar-refractivity contribution in [2.75, 3.05) is 26.1 Å². The van der Waals surface area contributed by atoms with Crippen LogP contribution >= 0.6 is 11.8 Å². The maximum atomic E-state index is 10.9. The number of aldehydes is 1. The van der Waals surface area contributed by atoms with Crippen LogP contribution in [0, 0.1) is 0 Å². The minimum Gasteiger partial charge on any atom is -0.497 e. The Morgan fingerprint density at radius 3 is 2.58 bits per heavy atom. The van der Waals surface area contributed by atoms with Crippen LogP contribution in [0.5, 0.6) is 17.2 Å². The number of nitrogens with zero attached hydrogens (tertiary/aromatic N) is 3. The lowest BCUT2D eigenvalue weighted by molar-refractivity contribution is 0.112. The third-order valence-corrected chi connectivity index (χ3v) is 5.73. The third-order valence-electron chi connectivity index (χ3n) is 4.63. The lowest BCUT2D eigenvalue weighted by Crippen LogP contribution is -2.03. The van der Waals surface area contributed by atoms with Crippen LogP contribution in [-0.2, 0) is 13.5 Å². The van der Waals surface area contributed by atoms with Crippen LogP contribution in [0.1, 0.15) is 35.1 Å². The fourth-order valence-electron chi connectivity index (χ4n) is 2.94. The molecule has 164 valence electrons. The van der Waals surface area contributed by atoms with Gasteiger partial charge in [-0.2, -0.15) is 0 Å². The van der Waals surface area contributed by atoms with Crippen LogP contribution in [0.15, 0.2) is 47.6 Å². The van der Waals surface area contributed by atoms with Gasteiger partial charge in [0.2, 0.25) is 0 Å². The van der Waals surface area contributed by atoms with Gasteiger partial charge in [-0.25, -0.2) is 0 Å². The highest BCUT2D eigenvalue weighted by Crippen LogP contribution is 2.28. The maximum Gasteiger partial charge on any atom is 0.190 e. The molecule has 0 bridgehead atoms. The van der Waals surface area contributed by atoms with Gasteiger partial charge in [-0.15, -0.1) is 10.2 Å². The molecule has 1 aromatic heterocycles. The molecule has 0 radical (unpaired) electrons. The van der Waals surface area contributed by atoms with Crippen molar-refractivity contribution >= 4 is 18.0 Å². The number of aromatic nitrogens is 3. The predicted octanol–water partition coefficient (Wildman–Crippen LogP) is 4.19. The average Bonchev–Trinajstić information content (AvgIpc) is 3.14. The first kappa shape index (κ1) is 22.7. The lowest BCUT2D eigenvalue weighted by atomic mass is 10.1. The monoisotopic (exact) mass is 441 g/mol. The maximum absolute atomic E-state index is 10.9. The molecule has 0 atom stereocenters. The molecule has 0 fully saturated rings. The summed E-state index contributed by atoms with van der Waals surface area (Å²) in [7, 11) is 3.65. The summed E-state index contributed by atoms with van der Waals surface area (Å²) in [5, 5.41) is 9.53. The minimum atomic E-state index is 0.513. The number of ether oxygens (including phenoxy) is 3. The molecule has 0 unspecified atom stereocenters. The van der Waals surface area contributed by atoms with Gasteiger partial charge in [0.1, 0.15) is 17.9 Å². The number of rotatable bonds is 12. The molecular weight excluding hydrogens is 414 g/mol. The molecule has 0 amide bonds. The Labute approximate surface area is 186 Å². The molecule has 7 nitrogen and oxygen atoms in total. The number of methoxy groups -OCH3 is 1. The summed E-state index contributed by atoms with van der Waals surface area (Å²) in [5.41, 5.74) is 1.73. The zero-order valence-electron chi connectivity index (χ0n) is 18.0. The molecule has 3 rings (SSSR count). The Morgan fingerprint density at radius 2 is 1.87 bits per heavy atom. The largest absolute Gasteiger partial charge is 0.497 e. The van der Waals surface area contributed by atoms with Crippen molar-refractivity contribution in [3.8, 4) is 17.2 Å². The van der Waals surface area contributed by atoms with E-state index in [1.54, 1.807) is 37.1 Å². The van der Waals surface area contributed by atoms with Crippen LogP contribution in [-0.4, -0.2) is 47.1 Å². The predicted molar refractivity (Wildman–Crippen MR) is 121 cm³/mol. The number of carbonyl (C=O) groups is 1. The fraction of sp³-hybridized carbons (Fsp3) is 0.348. The number of carbonyl (C=O) groups excluding carboxylic acids is 1. The average molecular weight is 442 g/mol. The van der Waals surface area contributed by atoms with Crippen LogP contribution in [0.4, 0.5) is 0 Å². The molecule has 0 saturated carbocycles. The quantitative estimate of drug-likeness (QED) is 0.237. The first-order valence-corrected chi connectivity index (χ1v) is 11.1. The van der Waals surface area contributed by atoms with Gasteiger partial charge in [0.15, 0.2) is 16.7 Å². The first-order valence-electron chi connectivity index (χ1n) is 10.1. The van der Waals surface area contributed by atoms with Gasteiger partial charge in [0, 0.05) is 24.8 Å². The Hall–Kier alpha value is -3.00. The molecular formula is C23H27N3O4S. The summed E-state index contributed by atoms with van der Waals surface area (Å²) < 4.78 is 18.7. The second kappa shape index (κ2) is 11.4. The zero-order chi connectivity index (χ0) is 22.1. The smallest absolute Gasteiger partial charge is 0.190 e. The van der Waals surface area contributed by atoms with E-state index in [9.17, 15) is 4.79 Å². The van der Waals surface area contributed by atoms with Gasteiger partial charge in [-0.1, -0.05) is 23.9 Å². The highest BCUT2D eigenvalue weighted by atomic mass is 32.2. The molecule has 0 spiro atoms. The number of hydrogen-bond donors (Lipinski definition) is 0. The van der Waals surface area contributed by atoms with Crippen LogP contribution in [0.25, 0.3) is 0 Å². The van der Waals surface area contributed by atoms with Gasteiger partial charge in [-0.05, 0) is 49.2 Å². The van der Waals surface area contributed by atoms with Gasteiger partial charge in [-0.3, -0.25) is 4.79 Å². The van der Waals surface area contributed by atoms with Gasteiger partial charge in [0.05, 0.1) is 20.3 Å². The van der Waals surface area contributed by atoms with E-state index in [2.05, 4.69) is 10.2 Å². The summed E-state index contributed by atoms with van der Waals surface area (Å²) in [4.78, 5) is 10.9. The SMILES string of the molecule is CCOc1cc(C=O)ccc1OCCCSc1nnc(Cc2ccc(OC)cc2)n1C. The Morgan fingerprint density at radius 1 is 1.06 bits per heavy atom. The summed E-state index contributed by atoms with van der Waals surface area (Å²) in [6, 6.07) is 13.2. The molecule has 8 heteroatoms. The van der Waals surface area contributed by atoms with E-state index in [1.807, 2.05) is 42.8 Å². The first-order chi connectivity index (χ1) is 15.1. The molecule has 0 saturated heterocycles. The summed E-state index contributed by atoms with van der Waals surface area (Å²) in [6.07, 6.45) is 2.35. The standard InChI is InChI=1S/C23H27N3O4S/c1-4-29-21-14-18(16-27)8-11-20(21)30-12-5-13-31-23-25-24-22(26(23)2)15-17-6-9-19(28-3)10-7-17/h6-11,14,16H,4-5,12-13,15H2,1-3H3. The van der Waals surface area contributed by atoms with E-state index >= 15 is 0 Å². The zero-order valence-corrected chi connectivity index (χ0v) is 18.9. The van der Waals surface area contributed by atoms with Gasteiger partial charge < -0.3 is 18.8 Å². The molecule has 0 aliphatic carbocycles. The highest BCUT2D eigenvalue weighted by Gasteiger charge is 2.11. The molecule has 0 N–H and O–H groups in total. The van der Waals surface area contributed by atoms with E-state index in [0.29, 0.717) is 36.7 Å². The Kier molecular flexibility index (Phi) is 8.35. The fourth-order valence-corrected chi connectivity index (χ4v) is 3.78. The van der Waals surface area contributed by atoms with Gasteiger partial charge >= 0.3 is 0 Å². The van der Waals surface area contributed by atoms with Crippen molar-refractivity contribution in [1.82, 2.24) is 14.8 Å². The van der Waals surface area contributed by atoms with Crippen molar-refractivity contribution in [3.63, 3.8) is 0 Å². The van der Waals surface area contributed by atoms with E-state index in [0.717, 1.165) is 40.8 Å². The highest BCUT2D eigenvalue weighted by molar-refractivity contribution is 7.99. The minimum absolute atomic E-state index is 0.513. The summed E-state index contributed by atoms with van der Waals surface area (Å²) >= 11 is 1.65. The van der Waals surface area contributed by atoms with E-state index in [-0.39, 0.29) is 0 Å². The number of benzene rings is 2. The second-order valence-electron chi connectivity index (χ2n) is 6.79. The van der Waals surface area contributed by atoms with Crippen molar-refractivity contribution < 1.29 is 19.0 Å². The number of hydrogen-bond acceptors (Lipinski definition) is 7. The van der Waals surface area contributed by atoms with Crippen LogP contribution in [0.3, 0.4) is 0 Å². The Balaban J connectivity index is 1.47. The van der Waals surface area contributed by atoms with Crippen molar-refractivity contribution in [3.05, 3.63) is 59.4 Å². The van der Waals surface area contributed by atoms with E-state index in [1.165, 1.54) is 0 Å². The van der Waals surface area contributed by atoms with E-state index < -0.39 is 0 Å². The van der Waals surface area contributed by atoms with Crippen LogP contribution < -0.4 is 14.2 Å². The molecule has 31 heavy (non-hydrogen) atoms. The molecule has 3 aromatic rings. The van der Waals surface area contributed by atoms with Crippen molar-refractivity contribution in [2.45, 2.75) is 24.9 Å². The molecule has 1 heterocycles. The summed E-state index contributed by atoms with van der Waals surface area (Å²) in [5.74, 6) is 3.85. The molecule has 0 aliphatic heterocycles. The summed E-state index contributed by atoms with van der Waals surface area (Å²) in [6.45, 7) is 2.96.